The van der Waals surface area contributed by atoms with Crippen molar-refractivity contribution in [2.75, 3.05) is 36.4 Å². The first kappa shape index (κ1) is 22.5. The van der Waals surface area contributed by atoms with Gasteiger partial charge in [0.05, 0.1) is 22.8 Å². The number of piperazine rings is 1. The highest BCUT2D eigenvalue weighted by Crippen LogP contribution is 2.22. The number of carbonyl (C=O) groups is 2. The molecule has 2 heterocycles. The fourth-order valence-corrected chi connectivity index (χ4v) is 3.95. The highest BCUT2D eigenvalue weighted by atomic mass is 19.1. The van der Waals surface area contributed by atoms with E-state index in [1.165, 1.54) is 30.3 Å². The van der Waals surface area contributed by atoms with Crippen molar-refractivity contribution in [2.45, 2.75) is 0 Å². The number of aromatic nitrogens is 2. The normalized spacial score (nSPS) is 13.6. The van der Waals surface area contributed by atoms with Crippen molar-refractivity contribution in [1.29, 1.82) is 0 Å². The molecule has 7 nitrogen and oxygen atoms in total. The van der Waals surface area contributed by atoms with Crippen LogP contribution in [0.5, 0.6) is 0 Å². The van der Waals surface area contributed by atoms with E-state index in [0.717, 1.165) is 44.1 Å². The molecular formula is C26H21F2N5O2. The first-order valence-electron chi connectivity index (χ1n) is 11.1. The minimum atomic E-state index is -0.784. The Hall–Kier alpha value is -4.24. The molecule has 1 aromatic heterocycles. The zero-order valence-corrected chi connectivity index (χ0v) is 18.6. The lowest BCUT2D eigenvalue weighted by molar-refractivity contribution is 0.102. The van der Waals surface area contributed by atoms with E-state index in [4.69, 9.17) is 0 Å². The Labute approximate surface area is 199 Å². The zero-order valence-electron chi connectivity index (χ0n) is 18.6. The Morgan fingerprint density at radius 2 is 1.74 bits per heavy atom. The zero-order chi connectivity index (χ0) is 24.4. The monoisotopic (exact) mass is 473 g/mol. The van der Waals surface area contributed by atoms with Crippen molar-refractivity contribution < 1.29 is 18.4 Å². The van der Waals surface area contributed by atoms with Gasteiger partial charge in [-0.15, -0.1) is 0 Å². The number of fused-ring (bicyclic) bond motifs is 1. The molecule has 0 bridgehead atoms. The fraction of sp³-hybridized carbons (Fsp3) is 0.154. The highest BCUT2D eigenvalue weighted by molar-refractivity contribution is 6.11. The van der Waals surface area contributed by atoms with E-state index in [9.17, 15) is 18.4 Å². The van der Waals surface area contributed by atoms with Crippen LogP contribution in [0.3, 0.4) is 0 Å². The molecule has 3 aromatic carbocycles. The molecular weight excluding hydrogens is 452 g/mol. The molecule has 1 amide bonds. The van der Waals surface area contributed by atoms with Crippen LogP contribution in [0.2, 0.25) is 0 Å². The van der Waals surface area contributed by atoms with Gasteiger partial charge in [0, 0.05) is 43.0 Å². The minimum absolute atomic E-state index is 0.100. The largest absolute Gasteiger partial charge is 0.353 e. The summed E-state index contributed by atoms with van der Waals surface area (Å²) < 4.78 is 28.2. The van der Waals surface area contributed by atoms with Gasteiger partial charge >= 0.3 is 0 Å². The number of benzene rings is 3. The lowest BCUT2D eigenvalue weighted by Gasteiger charge is -2.28. The number of halogens is 2. The first-order valence-corrected chi connectivity index (χ1v) is 11.1. The van der Waals surface area contributed by atoms with Crippen molar-refractivity contribution in [3.63, 3.8) is 0 Å². The van der Waals surface area contributed by atoms with Crippen molar-refractivity contribution in [2.24, 2.45) is 0 Å². The number of carbonyl (C=O) groups excluding carboxylic acids is 2. The van der Waals surface area contributed by atoms with E-state index < -0.39 is 23.3 Å². The predicted molar refractivity (Wildman–Crippen MR) is 129 cm³/mol. The number of hydrogen-bond acceptors (Lipinski definition) is 6. The summed E-state index contributed by atoms with van der Waals surface area (Å²) in [7, 11) is 0. The SMILES string of the molecule is O=C(Nc1ccc(C(=O)c2ccc3ncc(N4CCNCC4)nc3c2)c(F)c1)c1cccc(F)c1. The molecule has 1 aliphatic heterocycles. The number of rotatable bonds is 5. The van der Waals surface area contributed by atoms with Crippen LogP contribution in [0.25, 0.3) is 11.0 Å². The molecule has 1 fully saturated rings. The molecule has 0 atom stereocenters. The summed E-state index contributed by atoms with van der Waals surface area (Å²) in [5, 5.41) is 5.80. The lowest BCUT2D eigenvalue weighted by atomic mass is 10.0. The van der Waals surface area contributed by atoms with Crippen LogP contribution in [0.15, 0.2) is 66.9 Å². The second kappa shape index (κ2) is 9.55. The topological polar surface area (TPSA) is 87.2 Å². The number of amides is 1. The van der Waals surface area contributed by atoms with E-state index >= 15 is 0 Å². The average molecular weight is 473 g/mol. The molecule has 176 valence electrons. The van der Waals surface area contributed by atoms with E-state index in [1.54, 1.807) is 24.4 Å². The maximum atomic E-state index is 14.9. The van der Waals surface area contributed by atoms with E-state index in [1.807, 2.05) is 0 Å². The maximum absolute atomic E-state index is 14.9. The fourth-order valence-electron chi connectivity index (χ4n) is 3.95. The van der Waals surface area contributed by atoms with Crippen LogP contribution in [-0.4, -0.2) is 47.8 Å². The molecule has 1 aliphatic rings. The molecule has 9 heteroatoms. The van der Waals surface area contributed by atoms with Gasteiger partial charge in [-0.05, 0) is 54.6 Å². The molecule has 35 heavy (non-hydrogen) atoms. The molecule has 0 aliphatic carbocycles. The highest BCUT2D eigenvalue weighted by Gasteiger charge is 2.18. The summed E-state index contributed by atoms with van der Waals surface area (Å²) in [6, 6.07) is 13.8. The summed E-state index contributed by atoms with van der Waals surface area (Å²) in [5.41, 5.74) is 1.57. The molecule has 1 saturated heterocycles. The van der Waals surface area contributed by atoms with Crippen molar-refractivity contribution in [1.82, 2.24) is 15.3 Å². The summed E-state index contributed by atoms with van der Waals surface area (Å²) in [4.78, 5) is 36.6. The Balaban J connectivity index is 1.37. The van der Waals surface area contributed by atoms with Crippen LogP contribution in [0.4, 0.5) is 20.3 Å². The Bertz CT molecular complexity index is 1440. The van der Waals surface area contributed by atoms with Crippen LogP contribution >= 0.6 is 0 Å². The van der Waals surface area contributed by atoms with Crippen LogP contribution in [0.1, 0.15) is 26.3 Å². The van der Waals surface area contributed by atoms with Crippen molar-refractivity contribution in [3.05, 3.63) is 95.2 Å². The second-order valence-electron chi connectivity index (χ2n) is 8.16. The van der Waals surface area contributed by atoms with Gasteiger partial charge in [-0.3, -0.25) is 14.6 Å². The number of nitrogens with one attached hydrogen (secondary N) is 2. The van der Waals surface area contributed by atoms with Gasteiger partial charge in [0.1, 0.15) is 17.5 Å². The predicted octanol–water partition coefficient (Wildman–Crippen LogP) is 3.80. The van der Waals surface area contributed by atoms with Gasteiger partial charge in [-0.2, -0.15) is 0 Å². The van der Waals surface area contributed by atoms with Gasteiger partial charge in [0.15, 0.2) is 5.78 Å². The van der Waals surface area contributed by atoms with E-state index in [0.29, 0.717) is 11.0 Å². The van der Waals surface area contributed by atoms with Gasteiger partial charge < -0.3 is 15.5 Å². The summed E-state index contributed by atoms with van der Waals surface area (Å²) in [6.45, 7) is 3.34. The van der Waals surface area contributed by atoms with Gasteiger partial charge in [0.2, 0.25) is 0 Å². The van der Waals surface area contributed by atoms with Crippen LogP contribution in [-0.2, 0) is 0 Å². The number of anilines is 2. The van der Waals surface area contributed by atoms with Gasteiger partial charge in [0.25, 0.3) is 5.91 Å². The molecule has 2 N–H and O–H groups in total. The molecule has 4 aromatic rings. The maximum Gasteiger partial charge on any atom is 0.255 e. The molecule has 0 saturated carbocycles. The van der Waals surface area contributed by atoms with Crippen LogP contribution < -0.4 is 15.5 Å². The lowest BCUT2D eigenvalue weighted by Crippen LogP contribution is -2.43. The number of nitrogens with zero attached hydrogens (tertiary/aromatic N) is 3. The third kappa shape index (κ3) is 4.85. The Kier molecular flexibility index (Phi) is 6.15. The summed E-state index contributed by atoms with van der Waals surface area (Å²) >= 11 is 0. The standard InChI is InChI=1S/C26H21F2N5O2/c27-18-3-1-2-17(12-18)26(35)31-19-5-6-20(21(28)14-19)25(34)16-4-7-22-23(13-16)32-24(15-30-22)33-10-8-29-9-11-33/h1-7,12-15,29H,8-11H2,(H,31,35). The van der Waals surface area contributed by atoms with E-state index in [-0.39, 0.29) is 22.4 Å². The minimum Gasteiger partial charge on any atom is -0.353 e. The van der Waals surface area contributed by atoms with Crippen LogP contribution in [0, 0.1) is 11.6 Å². The van der Waals surface area contributed by atoms with Gasteiger partial charge in [-0.1, -0.05) is 6.07 Å². The van der Waals surface area contributed by atoms with E-state index in [2.05, 4.69) is 25.5 Å². The second-order valence-corrected chi connectivity index (χ2v) is 8.16. The smallest absolute Gasteiger partial charge is 0.255 e. The quantitative estimate of drug-likeness (QED) is 0.429. The number of ketones is 1. The molecule has 0 spiro atoms. The van der Waals surface area contributed by atoms with Crippen molar-refractivity contribution >= 4 is 34.2 Å². The number of hydrogen-bond donors (Lipinski definition) is 2. The third-order valence-electron chi connectivity index (χ3n) is 5.79. The first-order chi connectivity index (χ1) is 17.0. The molecule has 5 rings (SSSR count). The summed E-state index contributed by atoms with van der Waals surface area (Å²) in [5.74, 6) is -1.70. The van der Waals surface area contributed by atoms with Gasteiger partial charge in [-0.25, -0.2) is 13.8 Å². The Morgan fingerprint density at radius 1 is 0.914 bits per heavy atom. The Morgan fingerprint density at radius 3 is 2.51 bits per heavy atom. The summed E-state index contributed by atoms with van der Waals surface area (Å²) in [6.07, 6.45) is 1.71. The molecule has 0 radical (unpaired) electrons. The third-order valence-corrected chi connectivity index (χ3v) is 5.79. The average Bonchev–Trinajstić information content (AvgIpc) is 2.88. The van der Waals surface area contributed by atoms with Crippen molar-refractivity contribution in [3.8, 4) is 0 Å². The molecule has 0 unspecified atom stereocenters.